The Morgan fingerprint density at radius 1 is 1.13 bits per heavy atom. The van der Waals surface area contributed by atoms with Crippen LogP contribution in [0.5, 0.6) is 0 Å². The minimum Gasteiger partial charge on any atom is -0.352 e. The van der Waals surface area contributed by atoms with Crippen molar-refractivity contribution in [1.82, 2.24) is 20.2 Å². The number of aromatic amines is 1. The molecule has 0 bridgehead atoms. The zero-order valence-electron chi connectivity index (χ0n) is 18.1. The molecule has 1 unspecified atom stereocenters. The first-order valence-corrected chi connectivity index (χ1v) is 11.2. The molecule has 2 heterocycles. The largest absolute Gasteiger partial charge is 0.352 e. The SMILES string of the molecule is CC1CCCCN1Cc1ccccc1CNC(=O)CCc1nc2ccccc2c(=O)[nH]1. The highest BCUT2D eigenvalue weighted by molar-refractivity contribution is 5.78. The van der Waals surface area contributed by atoms with Crippen molar-refractivity contribution < 1.29 is 4.79 Å². The van der Waals surface area contributed by atoms with Crippen molar-refractivity contribution >= 4 is 16.8 Å². The Kier molecular flexibility index (Phi) is 6.77. The minimum atomic E-state index is -0.165. The van der Waals surface area contributed by atoms with E-state index >= 15 is 0 Å². The minimum absolute atomic E-state index is 0.0445. The van der Waals surface area contributed by atoms with Gasteiger partial charge in [0.2, 0.25) is 5.91 Å². The molecule has 6 heteroatoms. The van der Waals surface area contributed by atoms with Crippen LogP contribution in [0.1, 0.15) is 49.6 Å². The first-order valence-electron chi connectivity index (χ1n) is 11.2. The van der Waals surface area contributed by atoms with Crippen LogP contribution in [0.3, 0.4) is 0 Å². The van der Waals surface area contributed by atoms with Crippen molar-refractivity contribution in [3.8, 4) is 0 Å². The first kappa shape index (κ1) is 21.2. The Bertz CT molecular complexity index is 1110. The van der Waals surface area contributed by atoms with Gasteiger partial charge >= 0.3 is 0 Å². The van der Waals surface area contributed by atoms with Crippen LogP contribution in [0.4, 0.5) is 0 Å². The van der Waals surface area contributed by atoms with Gasteiger partial charge in [-0.15, -0.1) is 0 Å². The summed E-state index contributed by atoms with van der Waals surface area (Å²) in [7, 11) is 0. The zero-order chi connectivity index (χ0) is 21.6. The molecule has 0 saturated carbocycles. The van der Waals surface area contributed by atoms with Gasteiger partial charge in [-0.2, -0.15) is 0 Å². The maximum Gasteiger partial charge on any atom is 0.258 e. The van der Waals surface area contributed by atoms with Crippen molar-refractivity contribution in [2.24, 2.45) is 0 Å². The third kappa shape index (κ3) is 5.39. The van der Waals surface area contributed by atoms with E-state index in [2.05, 4.69) is 45.3 Å². The number of rotatable bonds is 7. The van der Waals surface area contributed by atoms with Crippen LogP contribution < -0.4 is 10.9 Å². The second-order valence-electron chi connectivity index (χ2n) is 8.39. The van der Waals surface area contributed by atoms with Crippen LogP contribution in [0.2, 0.25) is 0 Å². The molecule has 2 aromatic carbocycles. The first-order chi connectivity index (χ1) is 15.1. The molecular weight excluding hydrogens is 388 g/mol. The summed E-state index contributed by atoms with van der Waals surface area (Å²) in [5.41, 5.74) is 2.92. The van der Waals surface area contributed by atoms with Crippen LogP contribution in [0.15, 0.2) is 53.3 Å². The lowest BCUT2D eigenvalue weighted by atomic mass is 10.0. The monoisotopic (exact) mass is 418 g/mol. The summed E-state index contributed by atoms with van der Waals surface area (Å²) in [6.07, 6.45) is 4.51. The molecule has 6 nitrogen and oxygen atoms in total. The van der Waals surface area contributed by atoms with Crippen molar-refractivity contribution in [2.75, 3.05) is 6.54 Å². The standard InChI is InChI=1S/C25H30N4O2/c1-18-8-6-7-15-29(18)17-20-10-3-2-9-19(20)16-26-24(30)14-13-23-27-22-12-5-4-11-21(22)25(31)28-23/h2-5,9-12,18H,6-8,13-17H2,1H3,(H,26,30)(H,27,28,31). The number of carbonyl (C=O) groups is 1. The van der Waals surface area contributed by atoms with Crippen LogP contribution in [-0.4, -0.2) is 33.4 Å². The Morgan fingerprint density at radius 3 is 2.74 bits per heavy atom. The van der Waals surface area contributed by atoms with E-state index in [1.807, 2.05) is 24.3 Å². The molecule has 1 fully saturated rings. The molecule has 0 spiro atoms. The molecule has 4 rings (SSSR count). The van der Waals surface area contributed by atoms with Crippen LogP contribution in [0, 0.1) is 0 Å². The highest BCUT2D eigenvalue weighted by Crippen LogP contribution is 2.20. The molecule has 3 aromatic rings. The lowest BCUT2D eigenvalue weighted by Gasteiger charge is -2.33. The molecule has 0 aliphatic carbocycles. The molecule has 0 radical (unpaired) electrons. The molecule has 1 aliphatic heterocycles. The topological polar surface area (TPSA) is 78.1 Å². The maximum atomic E-state index is 12.5. The molecule has 1 atom stereocenters. The van der Waals surface area contributed by atoms with Crippen molar-refractivity contribution in [2.45, 2.75) is 58.2 Å². The van der Waals surface area contributed by atoms with Gasteiger partial charge in [-0.3, -0.25) is 14.5 Å². The second-order valence-corrected chi connectivity index (χ2v) is 8.39. The van der Waals surface area contributed by atoms with E-state index < -0.39 is 0 Å². The number of aromatic nitrogens is 2. The number of likely N-dealkylation sites (tertiary alicyclic amines) is 1. The summed E-state index contributed by atoms with van der Waals surface area (Å²) in [6, 6.07) is 16.2. The fourth-order valence-electron chi connectivity index (χ4n) is 4.26. The number of benzene rings is 2. The van der Waals surface area contributed by atoms with Gasteiger partial charge in [-0.25, -0.2) is 4.98 Å². The molecule has 1 saturated heterocycles. The fourth-order valence-corrected chi connectivity index (χ4v) is 4.26. The number of amides is 1. The number of piperidine rings is 1. The predicted molar refractivity (Wildman–Crippen MR) is 123 cm³/mol. The average Bonchev–Trinajstić information content (AvgIpc) is 2.78. The molecule has 1 aliphatic rings. The van der Waals surface area contributed by atoms with E-state index in [0.29, 0.717) is 35.7 Å². The van der Waals surface area contributed by atoms with E-state index in [9.17, 15) is 9.59 Å². The Balaban J connectivity index is 1.33. The van der Waals surface area contributed by atoms with E-state index in [1.165, 1.54) is 24.8 Å². The summed E-state index contributed by atoms with van der Waals surface area (Å²) in [4.78, 5) is 34.4. The molecule has 1 aromatic heterocycles. The number of para-hydroxylation sites is 1. The fraction of sp³-hybridized carbons (Fsp3) is 0.400. The Hall–Kier alpha value is -2.99. The summed E-state index contributed by atoms with van der Waals surface area (Å²) in [6.45, 7) is 4.88. The molecule has 162 valence electrons. The highest BCUT2D eigenvalue weighted by Gasteiger charge is 2.19. The number of aryl methyl sites for hydroxylation is 1. The number of H-pyrrole nitrogens is 1. The molecule has 2 N–H and O–H groups in total. The number of fused-ring (bicyclic) bond motifs is 1. The van der Waals surface area contributed by atoms with Crippen LogP contribution in [-0.2, 0) is 24.3 Å². The van der Waals surface area contributed by atoms with Gasteiger partial charge < -0.3 is 10.3 Å². The van der Waals surface area contributed by atoms with E-state index in [1.54, 1.807) is 6.07 Å². The second kappa shape index (κ2) is 9.88. The quantitative estimate of drug-likeness (QED) is 0.615. The number of nitrogens with zero attached hydrogens (tertiary/aromatic N) is 2. The van der Waals surface area contributed by atoms with E-state index in [4.69, 9.17) is 0 Å². The highest BCUT2D eigenvalue weighted by atomic mass is 16.1. The summed E-state index contributed by atoms with van der Waals surface area (Å²) < 4.78 is 0. The number of hydrogen-bond acceptors (Lipinski definition) is 4. The van der Waals surface area contributed by atoms with Gasteiger partial charge in [0.25, 0.3) is 5.56 Å². The van der Waals surface area contributed by atoms with Crippen molar-refractivity contribution in [3.05, 3.63) is 75.8 Å². The average molecular weight is 419 g/mol. The maximum absolute atomic E-state index is 12.5. The number of hydrogen-bond donors (Lipinski definition) is 2. The van der Waals surface area contributed by atoms with Gasteiger partial charge in [0.05, 0.1) is 10.9 Å². The normalized spacial score (nSPS) is 17.0. The van der Waals surface area contributed by atoms with E-state index in [0.717, 1.165) is 18.7 Å². The smallest absolute Gasteiger partial charge is 0.258 e. The summed E-state index contributed by atoms with van der Waals surface area (Å²) in [5, 5.41) is 3.60. The van der Waals surface area contributed by atoms with Gasteiger partial charge in [0, 0.05) is 32.0 Å². The third-order valence-corrected chi connectivity index (χ3v) is 6.16. The Labute approximate surface area is 182 Å². The van der Waals surface area contributed by atoms with Gasteiger partial charge in [-0.05, 0) is 49.6 Å². The van der Waals surface area contributed by atoms with Crippen LogP contribution >= 0.6 is 0 Å². The van der Waals surface area contributed by atoms with Crippen molar-refractivity contribution in [1.29, 1.82) is 0 Å². The summed E-state index contributed by atoms with van der Waals surface area (Å²) >= 11 is 0. The predicted octanol–water partition coefficient (Wildman–Crippen LogP) is 3.55. The van der Waals surface area contributed by atoms with Gasteiger partial charge in [-0.1, -0.05) is 42.8 Å². The number of nitrogens with one attached hydrogen (secondary N) is 2. The molecule has 1 amide bonds. The zero-order valence-corrected chi connectivity index (χ0v) is 18.1. The third-order valence-electron chi connectivity index (χ3n) is 6.16. The Morgan fingerprint density at radius 2 is 1.90 bits per heavy atom. The number of carbonyl (C=O) groups excluding carboxylic acids is 1. The van der Waals surface area contributed by atoms with Gasteiger partial charge in [0.1, 0.15) is 5.82 Å². The molecule has 31 heavy (non-hydrogen) atoms. The summed E-state index contributed by atoms with van der Waals surface area (Å²) in [5.74, 6) is 0.496. The lowest BCUT2D eigenvalue weighted by Crippen LogP contribution is -2.37. The van der Waals surface area contributed by atoms with Crippen molar-refractivity contribution in [3.63, 3.8) is 0 Å². The van der Waals surface area contributed by atoms with Crippen LogP contribution in [0.25, 0.3) is 10.9 Å². The van der Waals surface area contributed by atoms with E-state index in [-0.39, 0.29) is 17.9 Å². The van der Waals surface area contributed by atoms with Gasteiger partial charge in [0.15, 0.2) is 0 Å². The molecular formula is C25H30N4O2. The lowest BCUT2D eigenvalue weighted by molar-refractivity contribution is -0.121.